The number of fused-ring (bicyclic) bond motifs is 1. The molecule has 1 aromatic carbocycles. The molecular formula is C15H23N3O3S. The Morgan fingerprint density at radius 2 is 2.09 bits per heavy atom. The summed E-state index contributed by atoms with van der Waals surface area (Å²) in [6.07, 6.45) is 3.76. The Hall–Kier alpha value is -1.60. The number of guanidine groups is 1. The molecule has 1 heterocycles. The van der Waals surface area contributed by atoms with E-state index < -0.39 is 10.0 Å². The van der Waals surface area contributed by atoms with Crippen molar-refractivity contribution in [3.8, 4) is 0 Å². The van der Waals surface area contributed by atoms with E-state index in [1.54, 1.807) is 13.2 Å². The van der Waals surface area contributed by atoms with Gasteiger partial charge >= 0.3 is 0 Å². The SMILES string of the molecule is CCCCc1ccc2c(c1)S(=O)(=O)NC(=NCCCOC)N2. The van der Waals surface area contributed by atoms with Gasteiger partial charge in [0, 0.05) is 20.3 Å². The highest BCUT2D eigenvalue weighted by Gasteiger charge is 2.26. The number of aryl methyl sites for hydroxylation is 1. The van der Waals surface area contributed by atoms with Crippen LogP contribution in [0.15, 0.2) is 28.1 Å². The fraction of sp³-hybridized carbons (Fsp3) is 0.533. The summed E-state index contributed by atoms with van der Waals surface area (Å²) in [5, 5.41) is 3.03. The van der Waals surface area contributed by atoms with Crippen molar-refractivity contribution in [3.05, 3.63) is 23.8 Å². The van der Waals surface area contributed by atoms with Gasteiger partial charge in [-0.05, 0) is 37.0 Å². The van der Waals surface area contributed by atoms with Gasteiger partial charge in [0.15, 0.2) is 0 Å². The van der Waals surface area contributed by atoms with E-state index >= 15 is 0 Å². The number of methoxy groups -OCH3 is 1. The molecule has 0 saturated carbocycles. The van der Waals surface area contributed by atoms with E-state index in [1.165, 1.54) is 0 Å². The summed E-state index contributed by atoms with van der Waals surface area (Å²) in [6, 6.07) is 5.51. The van der Waals surface area contributed by atoms with Gasteiger partial charge in [-0.3, -0.25) is 4.99 Å². The first kappa shape index (κ1) is 16.8. The van der Waals surface area contributed by atoms with Crippen LogP contribution in [0.2, 0.25) is 0 Å². The minimum Gasteiger partial charge on any atom is -0.385 e. The minimum atomic E-state index is -3.56. The first-order chi connectivity index (χ1) is 10.6. The maximum atomic E-state index is 12.3. The van der Waals surface area contributed by atoms with Crippen molar-refractivity contribution in [2.24, 2.45) is 4.99 Å². The van der Waals surface area contributed by atoms with E-state index in [0.717, 1.165) is 31.2 Å². The molecule has 2 N–H and O–H groups in total. The van der Waals surface area contributed by atoms with Crippen LogP contribution in [0, 0.1) is 0 Å². The molecular weight excluding hydrogens is 302 g/mol. The number of ether oxygens (including phenoxy) is 1. The highest BCUT2D eigenvalue weighted by Crippen LogP contribution is 2.26. The largest absolute Gasteiger partial charge is 0.385 e. The summed E-state index contributed by atoms with van der Waals surface area (Å²) in [5.41, 5.74) is 1.61. The lowest BCUT2D eigenvalue weighted by Gasteiger charge is -2.22. The van der Waals surface area contributed by atoms with Gasteiger partial charge in [-0.2, -0.15) is 0 Å². The summed E-state index contributed by atoms with van der Waals surface area (Å²) >= 11 is 0. The maximum absolute atomic E-state index is 12.3. The number of benzene rings is 1. The number of sulfonamides is 1. The lowest BCUT2D eigenvalue weighted by molar-refractivity contribution is 0.197. The molecule has 1 aliphatic rings. The van der Waals surface area contributed by atoms with Crippen LogP contribution < -0.4 is 10.0 Å². The van der Waals surface area contributed by atoms with Crippen LogP contribution in [-0.4, -0.2) is 34.6 Å². The zero-order chi connectivity index (χ0) is 16.0. The number of hydrogen-bond donors (Lipinski definition) is 2. The lowest BCUT2D eigenvalue weighted by atomic mass is 10.1. The molecule has 0 saturated heterocycles. The number of rotatable bonds is 7. The van der Waals surface area contributed by atoms with Crippen LogP contribution >= 0.6 is 0 Å². The smallest absolute Gasteiger partial charge is 0.266 e. The molecule has 0 atom stereocenters. The Morgan fingerprint density at radius 3 is 2.82 bits per heavy atom. The van der Waals surface area contributed by atoms with E-state index in [2.05, 4.69) is 22.0 Å². The van der Waals surface area contributed by atoms with Crippen LogP contribution in [0.25, 0.3) is 0 Å². The van der Waals surface area contributed by atoms with Crippen LogP contribution in [0.4, 0.5) is 5.69 Å². The van der Waals surface area contributed by atoms with Crippen molar-refractivity contribution >= 4 is 21.7 Å². The molecule has 1 aromatic rings. The van der Waals surface area contributed by atoms with E-state index in [1.807, 2.05) is 12.1 Å². The molecule has 0 radical (unpaired) electrons. The third kappa shape index (κ3) is 4.20. The van der Waals surface area contributed by atoms with Crippen molar-refractivity contribution in [2.75, 3.05) is 25.6 Å². The fourth-order valence-corrected chi connectivity index (χ4v) is 3.43. The summed E-state index contributed by atoms with van der Waals surface area (Å²) in [5.74, 6) is 0.268. The van der Waals surface area contributed by atoms with Crippen molar-refractivity contribution in [2.45, 2.75) is 37.5 Å². The Bertz CT molecular complexity index is 641. The zero-order valence-electron chi connectivity index (χ0n) is 13.1. The summed E-state index contributed by atoms with van der Waals surface area (Å²) in [4.78, 5) is 4.51. The predicted molar refractivity (Wildman–Crippen MR) is 87.8 cm³/mol. The van der Waals surface area contributed by atoms with E-state index in [-0.39, 0.29) is 10.9 Å². The normalized spacial score (nSPS) is 17.6. The number of nitrogens with zero attached hydrogens (tertiary/aromatic N) is 1. The second-order valence-electron chi connectivity index (χ2n) is 5.24. The Kier molecular flexibility index (Phi) is 5.79. The van der Waals surface area contributed by atoms with Crippen molar-refractivity contribution in [1.29, 1.82) is 0 Å². The average molecular weight is 325 g/mol. The van der Waals surface area contributed by atoms with Crippen molar-refractivity contribution in [1.82, 2.24) is 4.72 Å². The average Bonchev–Trinajstić information content (AvgIpc) is 2.49. The Labute approximate surface area is 132 Å². The van der Waals surface area contributed by atoms with Gasteiger partial charge in [0.25, 0.3) is 10.0 Å². The van der Waals surface area contributed by atoms with Gasteiger partial charge in [-0.15, -0.1) is 0 Å². The molecule has 122 valence electrons. The topological polar surface area (TPSA) is 79.8 Å². The first-order valence-electron chi connectivity index (χ1n) is 7.53. The third-order valence-corrected chi connectivity index (χ3v) is 4.79. The zero-order valence-corrected chi connectivity index (χ0v) is 13.9. The Morgan fingerprint density at radius 1 is 1.27 bits per heavy atom. The standard InChI is InChI=1S/C15H23N3O3S/c1-3-4-6-12-7-8-13-14(11-12)22(19,20)18-15(17-13)16-9-5-10-21-2/h7-8,11H,3-6,9-10H2,1-2H3,(H2,16,17,18). The van der Waals surface area contributed by atoms with Gasteiger partial charge < -0.3 is 10.1 Å². The Balaban J connectivity index is 2.17. The van der Waals surface area contributed by atoms with Crippen LogP contribution in [0.5, 0.6) is 0 Å². The molecule has 0 aliphatic carbocycles. The molecule has 2 rings (SSSR count). The lowest BCUT2D eigenvalue weighted by Crippen LogP contribution is -2.41. The van der Waals surface area contributed by atoms with Gasteiger partial charge in [0.2, 0.25) is 5.96 Å². The predicted octanol–water partition coefficient (Wildman–Crippen LogP) is 2.13. The second kappa shape index (κ2) is 7.60. The molecule has 0 spiro atoms. The van der Waals surface area contributed by atoms with E-state index in [4.69, 9.17) is 4.74 Å². The van der Waals surface area contributed by atoms with Crippen LogP contribution in [0.1, 0.15) is 31.7 Å². The monoisotopic (exact) mass is 325 g/mol. The van der Waals surface area contributed by atoms with Gasteiger partial charge in [0.05, 0.1) is 5.69 Å². The van der Waals surface area contributed by atoms with Crippen LogP contribution in [-0.2, 0) is 21.2 Å². The molecule has 0 amide bonds. The first-order valence-corrected chi connectivity index (χ1v) is 9.01. The van der Waals surface area contributed by atoms with Crippen LogP contribution in [0.3, 0.4) is 0 Å². The van der Waals surface area contributed by atoms with Crippen molar-refractivity contribution < 1.29 is 13.2 Å². The van der Waals surface area contributed by atoms with E-state index in [0.29, 0.717) is 18.8 Å². The molecule has 0 fully saturated rings. The quantitative estimate of drug-likeness (QED) is 0.753. The van der Waals surface area contributed by atoms with Crippen molar-refractivity contribution in [3.63, 3.8) is 0 Å². The highest BCUT2D eigenvalue weighted by atomic mass is 32.2. The molecule has 0 unspecified atom stereocenters. The van der Waals surface area contributed by atoms with Gasteiger partial charge in [-0.25, -0.2) is 13.1 Å². The number of nitrogens with one attached hydrogen (secondary N) is 2. The summed E-state index contributed by atoms with van der Waals surface area (Å²) < 4.78 is 32.1. The number of anilines is 1. The highest BCUT2D eigenvalue weighted by molar-refractivity contribution is 7.90. The number of hydrogen-bond acceptors (Lipinski definition) is 4. The minimum absolute atomic E-state index is 0.268. The second-order valence-corrected chi connectivity index (χ2v) is 6.89. The van der Waals surface area contributed by atoms with Gasteiger partial charge in [0.1, 0.15) is 4.90 Å². The maximum Gasteiger partial charge on any atom is 0.266 e. The molecule has 0 bridgehead atoms. The molecule has 7 heteroatoms. The summed E-state index contributed by atoms with van der Waals surface area (Å²) in [7, 11) is -1.93. The fourth-order valence-electron chi connectivity index (χ4n) is 2.24. The molecule has 6 nitrogen and oxygen atoms in total. The number of aliphatic imine (C=N–C) groups is 1. The molecule has 0 aromatic heterocycles. The summed E-state index contributed by atoms with van der Waals surface area (Å²) in [6.45, 7) is 3.22. The van der Waals surface area contributed by atoms with Gasteiger partial charge in [-0.1, -0.05) is 19.4 Å². The molecule has 1 aliphatic heterocycles. The van der Waals surface area contributed by atoms with E-state index in [9.17, 15) is 8.42 Å². The third-order valence-electron chi connectivity index (χ3n) is 3.42. The number of unbranched alkanes of at least 4 members (excludes halogenated alkanes) is 1. The molecule has 22 heavy (non-hydrogen) atoms.